The number of nitrogens with zero attached hydrogens (tertiary/aromatic N) is 3. The Hall–Kier alpha value is -1.58. The Labute approximate surface area is 56.8 Å². The first-order valence-corrected chi connectivity index (χ1v) is 2.82. The van der Waals surface area contributed by atoms with Crippen LogP contribution in [0.2, 0.25) is 0 Å². The van der Waals surface area contributed by atoms with Crippen molar-refractivity contribution in [3.8, 4) is 0 Å². The lowest BCUT2D eigenvalue weighted by molar-refractivity contribution is 0.606. The first kappa shape index (κ1) is 5.22. The van der Waals surface area contributed by atoms with Crippen molar-refractivity contribution in [3.63, 3.8) is 0 Å². The van der Waals surface area contributed by atoms with E-state index in [2.05, 4.69) is 16.9 Å². The van der Waals surface area contributed by atoms with Gasteiger partial charge in [-0.3, -0.25) is 0 Å². The van der Waals surface area contributed by atoms with Crippen LogP contribution < -0.4 is 0 Å². The lowest BCUT2D eigenvalue weighted by Crippen LogP contribution is -1.85. The Bertz CT molecular complexity index is 360. The van der Waals surface area contributed by atoms with Crippen LogP contribution in [-0.4, -0.2) is 14.8 Å². The highest BCUT2D eigenvalue weighted by Crippen LogP contribution is 2.06. The fraction of sp³-hybridized carbons (Fsp3) is 0. The van der Waals surface area contributed by atoms with E-state index in [1.54, 1.807) is 23.1 Å². The summed E-state index contributed by atoms with van der Waals surface area (Å²) in [5.41, 5.74) is 1.45. The molecule has 0 aliphatic carbocycles. The summed E-state index contributed by atoms with van der Waals surface area (Å²) in [4.78, 5) is 0. The summed E-state index contributed by atoms with van der Waals surface area (Å²) in [7, 11) is 0. The molecule has 0 saturated carbocycles. The van der Waals surface area contributed by atoms with Crippen LogP contribution in [-0.2, 0) is 0 Å². The van der Waals surface area contributed by atoms with Gasteiger partial charge in [-0.15, -0.1) is 5.10 Å². The lowest BCUT2D eigenvalue weighted by atomic mass is 10.5. The van der Waals surface area contributed by atoms with E-state index in [9.17, 15) is 0 Å². The van der Waals surface area contributed by atoms with Gasteiger partial charge in [-0.05, 0) is 6.08 Å². The molecule has 2 heterocycles. The molecule has 0 N–H and O–H groups in total. The van der Waals surface area contributed by atoms with E-state index in [1.807, 2.05) is 0 Å². The number of hydrogen-bond acceptors (Lipinski definition) is 3. The van der Waals surface area contributed by atoms with Crippen LogP contribution in [0.4, 0.5) is 0 Å². The van der Waals surface area contributed by atoms with Gasteiger partial charge >= 0.3 is 0 Å². The molecule has 0 saturated heterocycles. The Morgan fingerprint density at radius 1 is 1.70 bits per heavy atom. The first-order chi connectivity index (χ1) is 4.92. The average Bonchev–Trinajstić information content (AvgIpc) is 2.44. The van der Waals surface area contributed by atoms with Crippen molar-refractivity contribution >= 4 is 11.8 Å². The van der Waals surface area contributed by atoms with Crippen molar-refractivity contribution in [2.45, 2.75) is 0 Å². The van der Waals surface area contributed by atoms with Gasteiger partial charge in [0.15, 0.2) is 0 Å². The minimum atomic E-state index is 0.634. The van der Waals surface area contributed by atoms with Gasteiger partial charge in [0.25, 0.3) is 0 Å². The molecule has 4 heteroatoms. The molecule has 50 valence electrons. The van der Waals surface area contributed by atoms with E-state index in [-0.39, 0.29) is 0 Å². The highest BCUT2D eigenvalue weighted by molar-refractivity contribution is 5.45. The summed E-state index contributed by atoms with van der Waals surface area (Å²) in [6.07, 6.45) is 4.79. The third kappa shape index (κ3) is 0.500. The smallest absolute Gasteiger partial charge is 0.242 e. The summed E-state index contributed by atoms with van der Waals surface area (Å²) in [5, 5.41) is 7.39. The lowest BCUT2D eigenvalue weighted by Gasteiger charge is -1.79. The van der Waals surface area contributed by atoms with Crippen LogP contribution in [0, 0.1) is 0 Å². The number of aromatic nitrogens is 3. The van der Waals surface area contributed by atoms with E-state index < -0.39 is 0 Å². The van der Waals surface area contributed by atoms with Gasteiger partial charge in [0.1, 0.15) is 18.2 Å². The normalized spacial score (nSPS) is 10.4. The van der Waals surface area contributed by atoms with Crippen molar-refractivity contribution in [1.82, 2.24) is 14.8 Å². The van der Waals surface area contributed by atoms with Crippen LogP contribution in [0.5, 0.6) is 0 Å². The summed E-state index contributed by atoms with van der Waals surface area (Å²) in [5.74, 6) is 0. The molecule has 2 aromatic rings. The highest BCUT2D eigenvalue weighted by Gasteiger charge is 2.00. The van der Waals surface area contributed by atoms with Crippen molar-refractivity contribution < 1.29 is 4.42 Å². The van der Waals surface area contributed by atoms with Gasteiger partial charge in [-0.25, -0.2) is 0 Å². The molecule has 0 spiro atoms. The molecule has 0 aliphatic heterocycles. The molecule has 0 bridgehead atoms. The van der Waals surface area contributed by atoms with Crippen molar-refractivity contribution in [3.05, 3.63) is 24.7 Å². The standard InChI is InChI=1S/C6H5N3O/c1-2-5-4-10-6-3-7-8-9(5)6/h2-4H,1H2. The highest BCUT2D eigenvalue weighted by atomic mass is 16.3. The second-order valence-electron chi connectivity index (χ2n) is 1.85. The molecular weight excluding hydrogens is 130 g/mol. The van der Waals surface area contributed by atoms with E-state index in [1.165, 1.54) is 0 Å². The van der Waals surface area contributed by atoms with Gasteiger partial charge in [-0.1, -0.05) is 11.8 Å². The third-order valence-electron chi connectivity index (χ3n) is 1.27. The minimum absolute atomic E-state index is 0.634. The van der Waals surface area contributed by atoms with Crippen LogP contribution in [0.3, 0.4) is 0 Å². The van der Waals surface area contributed by atoms with Gasteiger partial charge in [0.05, 0.1) is 0 Å². The second-order valence-corrected chi connectivity index (χ2v) is 1.85. The van der Waals surface area contributed by atoms with Crippen LogP contribution in [0.25, 0.3) is 11.8 Å². The first-order valence-electron chi connectivity index (χ1n) is 2.82. The molecule has 0 unspecified atom stereocenters. The summed E-state index contributed by atoms with van der Waals surface area (Å²) in [6.45, 7) is 3.58. The molecule has 2 rings (SSSR count). The average molecular weight is 135 g/mol. The molecular formula is C6H5N3O. The van der Waals surface area contributed by atoms with Gasteiger partial charge in [-0.2, -0.15) is 4.52 Å². The minimum Gasteiger partial charge on any atom is -0.443 e. The van der Waals surface area contributed by atoms with Crippen molar-refractivity contribution in [1.29, 1.82) is 0 Å². The molecule has 0 radical (unpaired) electrons. The van der Waals surface area contributed by atoms with Gasteiger partial charge in [0, 0.05) is 0 Å². The van der Waals surface area contributed by atoms with Crippen LogP contribution in [0.15, 0.2) is 23.5 Å². The molecule has 0 aliphatic rings. The van der Waals surface area contributed by atoms with Crippen LogP contribution >= 0.6 is 0 Å². The number of fused-ring (bicyclic) bond motifs is 1. The largest absolute Gasteiger partial charge is 0.443 e. The fourth-order valence-electron chi connectivity index (χ4n) is 0.790. The topological polar surface area (TPSA) is 43.3 Å². The number of hydrogen-bond donors (Lipinski definition) is 0. The molecule has 2 aromatic heterocycles. The maximum atomic E-state index is 5.05. The number of oxazole rings is 1. The van der Waals surface area contributed by atoms with E-state index >= 15 is 0 Å². The summed E-state index contributed by atoms with van der Waals surface area (Å²) in [6, 6.07) is 0. The second kappa shape index (κ2) is 1.70. The van der Waals surface area contributed by atoms with Crippen molar-refractivity contribution in [2.24, 2.45) is 0 Å². The predicted molar refractivity (Wildman–Crippen MR) is 35.3 cm³/mol. The summed E-state index contributed by atoms with van der Waals surface area (Å²) < 4.78 is 6.62. The summed E-state index contributed by atoms with van der Waals surface area (Å²) >= 11 is 0. The van der Waals surface area contributed by atoms with Gasteiger partial charge < -0.3 is 4.42 Å². The third-order valence-corrected chi connectivity index (χ3v) is 1.27. The molecule has 0 amide bonds. The quantitative estimate of drug-likeness (QED) is 0.585. The van der Waals surface area contributed by atoms with Crippen molar-refractivity contribution in [2.75, 3.05) is 0 Å². The Morgan fingerprint density at radius 2 is 2.60 bits per heavy atom. The maximum absolute atomic E-state index is 5.05. The monoisotopic (exact) mass is 135 g/mol. The van der Waals surface area contributed by atoms with E-state index in [0.717, 1.165) is 5.69 Å². The zero-order valence-corrected chi connectivity index (χ0v) is 5.19. The zero-order valence-electron chi connectivity index (χ0n) is 5.19. The predicted octanol–water partition coefficient (Wildman–Crippen LogP) is 0.965. The maximum Gasteiger partial charge on any atom is 0.242 e. The Balaban J connectivity index is 2.88. The Kier molecular flexibility index (Phi) is 0.887. The molecule has 10 heavy (non-hydrogen) atoms. The molecule has 0 aromatic carbocycles. The fourth-order valence-corrected chi connectivity index (χ4v) is 0.790. The molecule has 0 fully saturated rings. The molecule has 4 nitrogen and oxygen atoms in total. The number of rotatable bonds is 1. The molecule has 0 atom stereocenters. The SMILES string of the molecule is C=Cc1coc2cnnn12. The van der Waals surface area contributed by atoms with E-state index in [4.69, 9.17) is 4.42 Å². The van der Waals surface area contributed by atoms with Crippen LogP contribution in [0.1, 0.15) is 5.69 Å². The van der Waals surface area contributed by atoms with E-state index in [0.29, 0.717) is 5.71 Å². The zero-order chi connectivity index (χ0) is 6.97. The Morgan fingerprint density at radius 3 is 3.40 bits per heavy atom. The van der Waals surface area contributed by atoms with Gasteiger partial charge in [0.2, 0.25) is 5.71 Å².